The van der Waals surface area contributed by atoms with Gasteiger partial charge in [0.25, 0.3) is 0 Å². The van der Waals surface area contributed by atoms with E-state index in [2.05, 4.69) is 20.8 Å². The molecule has 0 aromatic heterocycles. The van der Waals surface area contributed by atoms with Crippen LogP contribution in [0.1, 0.15) is 83.7 Å². The van der Waals surface area contributed by atoms with Gasteiger partial charge in [-0.25, -0.2) is 0 Å². The smallest absolute Gasteiger partial charge is 0.163 e. The molecule has 0 radical (unpaired) electrons. The Bertz CT molecular complexity index is 1250. The van der Waals surface area contributed by atoms with E-state index in [1.807, 2.05) is 91.0 Å². The van der Waals surface area contributed by atoms with Gasteiger partial charge in [0.15, 0.2) is 17.3 Å². The van der Waals surface area contributed by atoms with Crippen LogP contribution in [0.25, 0.3) is 0 Å². The SMILES string of the molecule is Cc1c(CCC(=O)c2ccccc2)c(C)c(CCC(=O)c2ccccc2)c(C)c1CCC(=O)c1ccccc1. The van der Waals surface area contributed by atoms with Gasteiger partial charge >= 0.3 is 0 Å². The maximum atomic E-state index is 12.9. The van der Waals surface area contributed by atoms with E-state index in [1.165, 1.54) is 0 Å². The highest BCUT2D eigenvalue weighted by molar-refractivity contribution is 5.97. The molecular weight excluding hydrogens is 480 g/mol. The molecule has 4 rings (SSSR count). The van der Waals surface area contributed by atoms with E-state index in [1.54, 1.807) is 0 Å². The lowest BCUT2D eigenvalue weighted by Gasteiger charge is -2.23. The van der Waals surface area contributed by atoms with Gasteiger partial charge in [-0.3, -0.25) is 14.4 Å². The molecule has 0 heterocycles. The number of carbonyl (C=O) groups excluding carboxylic acids is 3. The zero-order valence-electron chi connectivity index (χ0n) is 23.1. The van der Waals surface area contributed by atoms with Gasteiger partial charge in [0.2, 0.25) is 0 Å². The fourth-order valence-electron chi connectivity index (χ4n) is 5.54. The molecule has 3 heteroatoms. The molecular formula is C36H36O3. The Morgan fingerprint density at radius 1 is 0.410 bits per heavy atom. The lowest BCUT2D eigenvalue weighted by molar-refractivity contribution is 0.0975. The highest BCUT2D eigenvalue weighted by Crippen LogP contribution is 2.31. The first-order chi connectivity index (χ1) is 18.9. The molecule has 0 saturated carbocycles. The number of Topliss-reactive ketones (excluding diaryl/α,β-unsaturated/α-hetero) is 3. The zero-order valence-corrected chi connectivity index (χ0v) is 23.1. The molecule has 0 saturated heterocycles. The van der Waals surface area contributed by atoms with Crippen molar-refractivity contribution in [2.24, 2.45) is 0 Å². The van der Waals surface area contributed by atoms with Crippen LogP contribution in [0.3, 0.4) is 0 Å². The van der Waals surface area contributed by atoms with Gasteiger partial charge in [-0.1, -0.05) is 91.0 Å². The van der Waals surface area contributed by atoms with Crippen LogP contribution in [0.5, 0.6) is 0 Å². The van der Waals surface area contributed by atoms with Crippen LogP contribution in [-0.2, 0) is 19.3 Å². The largest absolute Gasteiger partial charge is 0.294 e. The van der Waals surface area contributed by atoms with Crippen LogP contribution < -0.4 is 0 Å². The molecule has 0 bridgehead atoms. The van der Waals surface area contributed by atoms with E-state index in [0.29, 0.717) is 38.5 Å². The number of rotatable bonds is 12. The molecule has 0 unspecified atom stereocenters. The molecule has 0 spiro atoms. The Morgan fingerprint density at radius 3 is 0.872 bits per heavy atom. The minimum Gasteiger partial charge on any atom is -0.294 e. The van der Waals surface area contributed by atoms with Crippen molar-refractivity contribution in [3.8, 4) is 0 Å². The molecule has 0 aliphatic rings. The Morgan fingerprint density at radius 2 is 0.641 bits per heavy atom. The van der Waals surface area contributed by atoms with E-state index < -0.39 is 0 Å². The summed E-state index contributed by atoms with van der Waals surface area (Å²) in [7, 11) is 0. The minimum atomic E-state index is 0.122. The van der Waals surface area contributed by atoms with E-state index in [4.69, 9.17) is 0 Å². The number of hydrogen-bond acceptors (Lipinski definition) is 3. The Hall–Kier alpha value is -4.11. The fraction of sp³-hybridized carbons (Fsp3) is 0.250. The molecule has 0 atom stereocenters. The molecule has 198 valence electrons. The quantitative estimate of drug-likeness (QED) is 0.179. The standard InChI is InChI=1S/C36H36O3/c1-25-31(19-22-34(37)28-13-7-4-8-14-28)26(2)33(21-24-36(39)30-17-11-6-12-18-30)27(3)32(25)20-23-35(38)29-15-9-5-10-16-29/h4-18H,19-24H2,1-3H3. The number of hydrogen-bond donors (Lipinski definition) is 0. The lowest BCUT2D eigenvalue weighted by Crippen LogP contribution is -2.12. The van der Waals surface area contributed by atoms with Crippen LogP contribution in [0.4, 0.5) is 0 Å². The van der Waals surface area contributed by atoms with Crippen LogP contribution in [0.15, 0.2) is 91.0 Å². The Balaban J connectivity index is 1.62. The highest BCUT2D eigenvalue weighted by atomic mass is 16.1. The summed E-state index contributed by atoms with van der Waals surface area (Å²) in [5.41, 5.74) is 9.13. The summed E-state index contributed by atoms with van der Waals surface area (Å²) in [4.78, 5) is 38.8. The molecule has 0 fully saturated rings. The summed E-state index contributed by atoms with van der Waals surface area (Å²) in [5, 5.41) is 0. The monoisotopic (exact) mass is 516 g/mol. The topological polar surface area (TPSA) is 51.2 Å². The van der Waals surface area contributed by atoms with Crippen LogP contribution in [0, 0.1) is 20.8 Å². The number of carbonyl (C=O) groups is 3. The van der Waals surface area contributed by atoms with Crippen molar-refractivity contribution in [2.45, 2.75) is 59.3 Å². The van der Waals surface area contributed by atoms with Crippen molar-refractivity contribution >= 4 is 17.3 Å². The third-order valence-electron chi connectivity index (χ3n) is 7.81. The van der Waals surface area contributed by atoms with Crippen LogP contribution in [-0.4, -0.2) is 17.3 Å². The second-order valence-electron chi connectivity index (χ2n) is 10.2. The molecule has 4 aromatic rings. The molecule has 4 aromatic carbocycles. The maximum Gasteiger partial charge on any atom is 0.163 e. The Labute approximate surface area is 231 Å². The highest BCUT2D eigenvalue weighted by Gasteiger charge is 2.20. The van der Waals surface area contributed by atoms with Gasteiger partial charge in [-0.2, -0.15) is 0 Å². The summed E-state index contributed by atoms with van der Waals surface area (Å²) in [6.45, 7) is 6.34. The summed E-state index contributed by atoms with van der Waals surface area (Å²) < 4.78 is 0. The summed E-state index contributed by atoms with van der Waals surface area (Å²) in [6, 6.07) is 28.2. The first-order valence-electron chi connectivity index (χ1n) is 13.7. The van der Waals surface area contributed by atoms with Crippen molar-refractivity contribution in [1.82, 2.24) is 0 Å². The van der Waals surface area contributed by atoms with E-state index >= 15 is 0 Å². The lowest BCUT2D eigenvalue weighted by atomic mass is 9.82. The molecule has 39 heavy (non-hydrogen) atoms. The average molecular weight is 517 g/mol. The maximum absolute atomic E-state index is 12.9. The van der Waals surface area contributed by atoms with Gasteiger partial charge in [-0.05, 0) is 73.4 Å². The van der Waals surface area contributed by atoms with Crippen molar-refractivity contribution in [1.29, 1.82) is 0 Å². The summed E-state index contributed by atoms with van der Waals surface area (Å²) in [6.07, 6.45) is 3.14. The van der Waals surface area contributed by atoms with E-state index in [-0.39, 0.29) is 17.3 Å². The van der Waals surface area contributed by atoms with Crippen molar-refractivity contribution < 1.29 is 14.4 Å². The first-order valence-corrected chi connectivity index (χ1v) is 13.7. The number of benzene rings is 4. The second kappa shape index (κ2) is 13.1. The van der Waals surface area contributed by atoms with E-state index in [9.17, 15) is 14.4 Å². The second-order valence-corrected chi connectivity index (χ2v) is 10.2. The third kappa shape index (κ3) is 6.86. The third-order valence-corrected chi connectivity index (χ3v) is 7.81. The summed E-state index contributed by atoms with van der Waals surface area (Å²) >= 11 is 0. The fourth-order valence-corrected chi connectivity index (χ4v) is 5.54. The summed E-state index contributed by atoms with van der Waals surface area (Å²) in [5.74, 6) is 0.366. The molecule has 0 aliphatic carbocycles. The van der Waals surface area contributed by atoms with Crippen molar-refractivity contribution in [2.75, 3.05) is 0 Å². The first kappa shape index (κ1) is 27.9. The normalized spacial score (nSPS) is 10.8. The van der Waals surface area contributed by atoms with Crippen LogP contribution >= 0.6 is 0 Å². The minimum absolute atomic E-state index is 0.122. The molecule has 0 N–H and O–H groups in total. The molecule has 0 aliphatic heterocycles. The van der Waals surface area contributed by atoms with Gasteiger partial charge in [0.1, 0.15) is 0 Å². The van der Waals surface area contributed by atoms with E-state index in [0.717, 1.165) is 50.1 Å². The predicted molar refractivity (Wildman–Crippen MR) is 158 cm³/mol. The van der Waals surface area contributed by atoms with Crippen molar-refractivity contribution in [3.05, 3.63) is 141 Å². The van der Waals surface area contributed by atoms with Crippen LogP contribution in [0.2, 0.25) is 0 Å². The van der Waals surface area contributed by atoms with Gasteiger partial charge < -0.3 is 0 Å². The van der Waals surface area contributed by atoms with Gasteiger partial charge in [0.05, 0.1) is 0 Å². The zero-order chi connectivity index (χ0) is 27.8. The van der Waals surface area contributed by atoms with Crippen molar-refractivity contribution in [3.63, 3.8) is 0 Å². The average Bonchev–Trinajstić information content (AvgIpc) is 2.97. The molecule has 3 nitrogen and oxygen atoms in total. The van der Waals surface area contributed by atoms with Gasteiger partial charge in [0, 0.05) is 36.0 Å². The molecule has 0 amide bonds. The number of ketones is 3. The predicted octanol–water partition coefficient (Wildman–Crippen LogP) is 8.06. The van der Waals surface area contributed by atoms with Gasteiger partial charge in [-0.15, -0.1) is 0 Å². The Kier molecular flexibility index (Phi) is 9.38.